The molecule has 1 atom stereocenters. The summed E-state index contributed by atoms with van der Waals surface area (Å²) in [5.74, 6) is 0.171. The van der Waals surface area contributed by atoms with Gasteiger partial charge < -0.3 is 13.9 Å². The van der Waals surface area contributed by atoms with E-state index in [2.05, 4.69) is 9.71 Å². The Balaban J connectivity index is 1.65. The zero-order valence-corrected chi connectivity index (χ0v) is 18.3. The van der Waals surface area contributed by atoms with Crippen LogP contribution in [0.3, 0.4) is 0 Å². The predicted octanol–water partition coefficient (Wildman–Crippen LogP) is 3.46. The fourth-order valence-electron chi connectivity index (χ4n) is 2.57. The average molecular weight is 451 g/mol. The van der Waals surface area contributed by atoms with Crippen molar-refractivity contribution in [3.8, 4) is 16.5 Å². The van der Waals surface area contributed by atoms with Crippen LogP contribution in [-0.2, 0) is 26.2 Å². The summed E-state index contributed by atoms with van der Waals surface area (Å²) in [4.78, 5) is 17.0. The second-order valence-electron chi connectivity index (χ2n) is 6.75. The Labute approximate surface area is 178 Å². The highest BCUT2D eigenvalue weighted by Crippen LogP contribution is 2.24. The van der Waals surface area contributed by atoms with Crippen LogP contribution in [0.25, 0.3) is 10.8 Å². The van der Waals surface area contributed by atoms with Crippen LogP contribution in [0.2, 0.25) is 0 Å². The van der Waals surface area contributed by atoms with Gasteiger partial charge in [0.25, 0.3) is 0 Å². The van der Waals surface area contributed by atoms with Gasteiger partial charge in [0.2, 0.25) is 10.0 Å². The topological polar surface area (TPSA) is 108 Å². The minimum absolute atomic E-state index is 0.0318. The lowest BCUT2D eigenvalue weighted by Gasteiger charge is -2.20. The number of nitrogens with one attached hydrogen (secondary N) is 1. The third-order valence-corrected chi connectivity index (χ3v) is 6.58. The first-order chi connectivity index (χ1) is 14.3. The summed E-state index contributed by atoms with van der Waals surface area (Å²) < 4.78 is 43.5. The van der Waals surface area contributed by atoms with Gasteiger partial charge in [-0.15, -0.1) is 11.3 Å². The van der Waals surface area contributed by atoms with E-state index in [0.29, 0.717) is 22.2 Å². The Bertz CT molecular complexity index is 1070. The van der Waals surface area contributed by atoms with E-state index >= 15 is 0 Å². The van der Waals surface area contributed by atoms with Crippen molar-refractivity contribution >= 4 is 27.3 Å². The van der Waals surface area contributed by atoms with Crippen molar-refractivity contribution in [1.82, 2.24) is 9.71 Å². The van der Waals surface area contributed by atoms with Crippen molar-refractivity contribution in [1.29, 1.82) is 0 Å². The van der Waals surface area contributed by atoms with E-state index in [1.165, 1.54) is 42.7 Å². The summed E-state index contributed by atoms with van der Waals surface area (Å²) >= 11 is 1.37. The highest BCUT2D eigenvalue weighted by molar-refractivity contribution is 7.89. The summed E-state index contributed by atoms with van der Waals surface area (Å²) in [5.41, 5.74) is 0.556. The van der Waals surface area contributed by atoms with E-state index < -0.39 is 22.0 Å². The first-order valence-electron chi connectivity index (χ1n) is 9.11. The number of hydrogen-bond acceptors (Lipinski definition) is 8. The van der Waals surface area contributed by atoms with Gasteiger partial charge in [0.15, 0.2) is 10.8 Å². The van der Waals surface area contributed by atoms with Gasteiger partial charge in [-0.3, -0.25) is 4.79 Å². The number of carbonyl (C=O) groups excluding carboxylic acids is 1. The van der Waals surface area contributed by atoms with Gasteiger partial charge in [0.1, 0.15) is 18.4 Å². The Morgan fingerprint density at radius 3 is 2.57 bits per heavy atom. The maximum absolute atomic E-state index is 12.7. The molecule has 1 N–H and O–H groups in total. The number of methoxy groups -OCH3 is 1. The quantitative estimate of drug-likeness (QED) is 0.497. The van der Waals surface area contributed by atoms with Crippen LogP contribution >= 0.6 is 11.3 Å². The third-order valence-electron chi connectivity index (χ3n) is 4.22. The Kier molecular flexibility index (Phi) is 6.91. The van der Waals surface area contributed by atoms with Gasteiger partial charge in [0.05, 0.1) is 24.0 Å². The number of nitrogens with zero attached hydrogens (tertiary/aromatic N) is 1. The molecule has 0 bridgehead atoms. The predicted molar refractivity (Wildman–Crippen MR) is 112 cm³/mol. The molecule has 0 aliphatic heterocycles. The van der Waals surface area contributed by atoms with Crippen molar-refractivity contribution in [3.63, 3.8) is 0 Å². The van der Waals surface area contributed by atoms with Gasteiger partial charge in [-0.2, -0.15) is 4.72 Å². The van der Waals surface area contributed by atoms with E-state index in [-0.39, 0.29) is 17.4 Å². The zero-order valence-electron chi connectivity index (χ0n) is 16.7. The number of aromatic nitrogens is 1. The van der Waals surface area contributed by atoms with Gasteiger partial charge in [0, 0.05) is 5.38 Å². The highest BCUT2D eigenvalue weighted by atomic mass is 32.2. The first-order valence-corrected chi connectivity index (χ1v) is 11.5. The van der Waals surface area contributed by atoms with Crippen LogP contribution < -0.4 is 9.46 Å². The number of benzene rings is 1. The molecule has 0 fully saturated rings. The Morgan fingerprint density at radius 2 is 1.97 bits per heavy atom. The van der Waals surface area contributed by atoms with Crippen LogP contribution in [0.1, 0.15) is 19.5 Å². The number of esters is 1. The summed E-state index contributed by atoms with van der Waals surface area (Å²) in [7, 11) is -2.42. The average Bonchev–Trinajstić information content (AvgIpc) is 3.42. The Morgan fingerprint density at radius 1 is 1.23 bits per heavy atom. The van der Waals surface area contributed by atoms with E-state index in [4.69, 9.17) is 13.9 Å². The van der Waals surface area contributed by atoms with E-state index in [1.54, 1.807) is 37.6 Å². The number of rotatable bonds is 9. The molecule has 3 rings (SSSR count). The maximum atomic E-state index is 12.7. The molecule has 0 aliphatic carbocycles. The molecule has 0 saturated carbocycles. The number of sulfonamides is 1. The van der Waals surface area contributed by atoms with Crippen molar-refractivity contribution < 1.29 is 27.1 Å². The summed E-state index contributed by atoms with van der Waals surface area (Å²) in [6.07, 6.45) is 1.55. The second-order valence-corrected chi connectivity index (χ2v) is 9.32. The smallest absolute Gasteiger partial charge is 0.324 e. The monoisotopic (exact) mass is 450 g/mol. The molecule has 30 heavy (non-hydrogen) atoms. The maximum Gasteiger partial charge on any atom is 0.324 e. The fourth-order valence-corrected chi connectivity index (χ4v) is 4.67. The number of thiazole rings is 1. The SMILES string of the molecule is COc1ccc(S(=O)(=O)N[C@H](C(=O)OCc2csc(-c3ccco3)n2)C(C)C)cc1. The van der Waals surface area contributed by atoms with Gasteiger partial charge in [-0.25, -0.2) is 13.4 Å². The summed E-state index contributed by atoms with van der Waals surface area (Å²) in [6.45, 7) is 3.41. The molecular formula is C20H22N2O6S2. The summed E-state index contributed by atoms with van der Waals surface area (Å²) in [6, 6.07) is 8.41. The first kappa shape index (κ1) is 22.0. The molecule has 0 unspecified atom stereocenters. The van der Waals surface area contributed by atoms with Crippen LogP contribution in [0.15, 0.2) is 57.4 Å². The van der Waals surface area contributed by atoms with E-state index in [9.17, 15) is 13.2 Å². The molecule has 2 heterocycles. The molecule has 10 heteroatoms. The molecule has 0 radical (unpaired) electrons. The fraction of sp³-hybridized carbons (Fsp3) is 0.300. The van der Waals surface area contributed by atoms with E-state index in [0.717, 1.165) is 0 Å². The number of carbonyl (C=O) groups is 1. The number of hydrogen-bond donors (Lipinski definition) is 1. The molecular weight excluding hydrogens is 428 g/mol. The molecule has 3 aromatic rings. The molecule has 160 valence electrons. The van der Waals surface area contributed by atoms with Crippen LogP contribution in [-0.4, -0.2) is 32.5 Å². The lowest BCUT2D eigenvalue weighted by Crippen LogP contribution is -2.45. The van der Waals surface area contributed by atoms with E-state index in [1.807, 2.05) is 0 Å². The highest BCUT2D eigenvalue weighted by Gasteiger charge is 2.30. The van der Waals surface area contributed by atoms with Crippen molar-refractivity contribution in [2.75, 3.05) is 7.11 Å². The molecule has 0 saturated heterocycles. The molecule has 0 amide bonds. The standard InChI is InChI=1S/C20H22N2O6S2/c1-13(2)18(22-30(24,25)16-8-6-15(26-3)7-9-16)20(23)28-11-14-12-29-19(21-14)17-5-4-10-27-17/h4-10,12-13,18,22H,11H2,1-3H3/t18-/m0/s1. The molecule has 2 aromatic heterocycles. The number of furan rings is 1. The normalized spacial score (nSPS) is 12.7. The zero-order chi connectivity index (χ0) is 21.7. The molecule has 0 spiro atoms. The second kappa shape index (κ2) is 9.41. The van der Waals surface area contributed by atoms with Crippen molar-refractivity contribution in [3.05, 3.63) is 53.7 Å². The minimum Gasteiger partial charge on any atom is -0.497 e. The van der Waals surface area contributed by atoms with Gasteiger partial charge in [-0.1, -0.05) is 13.8 Å². The van der Waals surface area contributed by atoms with Gasteiger partial charge >= 0.3 is 5.97 Å². The third kappa shape index (κ3) is 5.26. The lowest BCUT2D eigenvalue weighted by atomic mass is 10.1. The molecule has 0 aliphatic rings. The Hall–Kier alpha value is -2.69. The molecule has 8 nitrogen and oxygen atoms in total. The minimum atomic E-state index is -3.92. The van der Waals surface area contributed by atoms with Crippen molar-refractivity contribution in [2.45, 2.75) is 31.4 Å². The molecule has 1 aromatic carbocycles. The lowest BCUT2D eigenvalue weighted by molar-refractivity contribution is -0.148. The summed E-state index contributed by atoms with van der Waals surface area (Å²) in [5, 5.41) is 2.43. The van der Waals surface area contributed by atoms with Crippen molar-refractivity contribution in [2.24, 2.45) is 5.92 Å². The van der Waals surface area contributed by atoms with Crippen LogP contribution in [0.5, 0.6) is 5.75 Å². The van der Waals surface area contributed by atoms with Gasteiger partial charge in [-0.05, 0) is 42.3 Å². The largest absolute Gasteiger partial charge is 0.497 e. The van der Waals surface area contributed by atoms with Crippen LogP contribution in [0.4, 0.5) is 0 Å². The van der Waals surface area contributed by atoms with Crippen LogP contribution in [0, 0.1) is 5.92 Å². The number of ether oxygens (including phenoxy) is 2.